The van der Waals surface area contributed by atoms with Gasteiger partial charge in [-0.15, -0.1) is 0 Å². The summed E-state index contributed by atoms with van der Waals surface area (Å²) in [6.45, 7) is 0. The molecule has 5 rings (SSSR count). The SMILES string of the molecule is OB(O)c1ccc2[nH]ccc2c1.OB(O)c1cccc2cccnc12.OB(O)c1ccncc1. The van der Waals surface area contributed by atoms with E-state index in [0.29, 0.717) is 21.9 Å². The molecule has 0 spiro atoms. The number of hydrogen-bond donors (Lipinski definition) is 7. The molecule has 0 bridgehead atoms. The van der Waals surface area contributed by atoms with Crippen LogP contribution in [0.5, 0.6) is 0 Å². The van der Waals surface area contributed by atoms with Gasteiger partial charge in [-0.3, -0.25) is 9.97 Å². The van der Waals surface area contributed by atoms with Gasteiger partial charge in [0, 0.05) is 35.8 Å². The normalized spacial score (nSPS) is 10.1. The Hall–Kier alpha value is -3.51. The van der Waals surface area contributed by atoms with Crippen LogP contribution >= 0.6 is 0 Å². The molecule has 3 heterocycles. The maximum atomic E-state index is 9.04. The van der Waals surface area contributed by atoms with Gasteiger partial charge in [-0.2, -0.15) is 0 Å². The van der Waals surface area contributed by atoms with E-state index in [2.05, 4.69) is 15.0 Å². The highest BCUT2D eigenvalue weighted by atomic mass is 16.4. The molecule has 12 heteroatoms. The van der Waals surface area contributed by atoms with Gasteiger partial charge >= 0.3 is 21.4 Å². The summed E-state index contributed by atoms with van der Waals surface area (Å²) in [6, 6.07) is 19.2. The number of pyridine rings is 2. The third-order valence-electron chi connectivity index (χ3n) is 4.82. The second-order valence-electron chi connectivity index (χ2n) is 7.15. The van der Waals surface area contributed by atoms with Crippen LogP contribution in [0.2, 0.25) is 0 Å². The van der Waals surface area contributed by atoms with Crippen molar-refractivity contribution in [3.8, 4) is 0 Å². The highest BCUT2D eigenvalue weighted by molar-refractivity contribution is 6.61. The lowest BCUT2D eigenvalue weighted by molar-refractivity contribution is 0.424. The molecule has 170 valence electrons. The summed E-state index contributed by atoms with van der Waals surface area (Å²) >= 11 is 0. The Kier molecular flexibility index (Phi) is 8.94. The second kappa shape index (κ2) is 12.1. The third kappa shape index (κ3) is 6.75. The van der Waals surface area contributed by atoms with Crippen LogP contribution in [-0.2, 0) is 0 Å². The molecule has 0 aliphatic rings. The summed E-state index contributed by atoms with van der Waals surface area (Å²) < 4.78 is 0. The summed E-state index contributed by atoms with van der Waals surface area (Å²) in [4.78, 5) is 10.8. The van der Waals surface area contributed by atoms with Gasteiger partial charge in [-0.25, -0.2) is 0 Å². The molecule has 0 saturated carbocycles. The molecular weight excluding hydrogens is 435 g/mol. The molecule has 0 atom stereocenters. The smallest absolute Gasteiger partial charge is 0.423 e. The number of fused-ring (bicyclic) bond motifs is 2. The minimum Gasteiger partial charge on any atom is -0.423 e. The Morgan fingerprint density at radius 1 is 0.618 bits per heavy atom. The fraction of sp³-hybridized carbons (Fsp3) is 0. The van der Waals surface area contributed by atoms with E-state index in [9.17, 15) is 0 Å². The first-order valence-electron chi connectivity index (χ1n) is 10.3. The molecule has 0 radical (unpaired) electrons. The van der Waals surface area contributed by atoms with Crippen molar-refractivity contribution < 1.29 is 30.1 Å². The Balaban J connectivity index is 0.000000146. The van der Waals surface area contributed by atoms with E-state index < -0.39 is 21.4 Å². The van der Waals surface area contributed by atoms with Crippen LogP contribution < -0.4 is 16.4 Å². The fourth-order valence-electron chi connectivity index (χ4n) is 3.10. The number of rotatable bonds is 3. The molecule has 0 amide bonds. The highest BCUT2D eigenvalue weighted by Crippen LogP contribution is 2.09. The second-order valence-corrected chi connectivity index (χ2v) is 7.15. The van der Waals surface area contributed by atoms with Crippen LogP contribution in [0.15, 0.2) is 91.5 Å². The average molecular weight is 457 g/mol. The molecule has 34 heavy (non-hydrogen) atoms. The Morgan fingerprint density at radius 2 is 1.32 bits per heavy atom. The first-order valence-corrected chi connectivity index (χ1v) is 10.3. The lowest BCUT2D eigenvalue weighted by Crippen LogP contribution is -2.30. The van der Waals surface area contributed by atoms with Crippen molar-refractivity contribution in [3.05, 3.63) is 91.5 Å². The average Bonchev–Trinajstić information content (AvgIpc) is 3.33. The van der Waals surface area contributed by atoms with Gasteiger partial charge in [-0.1, -0.05) is 36.4 Å². The lowest BCUT2D eigenvalue weighted by Gasteiger charge is -2.02. The largest absolute Gasteiger partial charge is 0.490 e. The number of H-pyrrole nitrogens is 1. The number of benzene rings is 2. The van der Waals surface area contributed by atoms with E-state index in [1.165, 1.54) is 12.4 Å². The van der Waals surface area contributed by atoms with Crippen molar-refractivity contribution in [1.29, 1.82) is 0 Å². The number of para-hydroxylation sites is 1. The zero-order chi connectivity index (χ0) is 24.5. The minimum atomic E-state index is -1.46. The van der Waals surface area contributed by atoms with E-state index >= 15 is 0 Å². The number of aromatic amines is 1. The Bertz CT molecular complexity index is 1310. The van der Waals surface area contributed by atoms with Gasteiger partial charge in [0.2, 0.25) is 0 Å². The van der Waals surface area contributed by atoms with Gasteiger partial charge in [0.15, 0.2) is 0 Å². The topological polar surface area (TPSA) is 163 Å². The first-order chi connectivity index (χ1) is 16.4. The molecule has 2 aromatic carbocycles. The molecule has 7 N–H and O–H groups in total. The van der Waals surface area contributed by atoms with Gasteiger partial charge < -0.3 is 35.1 Å². The van der Waals surface area contributed by atoms with E-state index in [4.69, 9.17) is 30.1 Å². The van der Waals surface area contributed by atoms with Crippen LogP contribution in [0.1, 0.15) is 0 Å². The monoisotopic (exact) mass is 457 g/mol. The van der Waals surface area contributed by atoms with E-state index in [-0.39, 0.29) is 0 Å². The molecule has 9 nitrogen and oxygen atoms in total. The molecule has 0 fully saturated rings. The maximum absolute atomic E-state index is 9.04. The standard InChI is InChI=1S/C9H8BNO2.C8H8BNO2.C5H6BNO2/c12-10(13)8-5-1-3-7-4-2-6-11-9(7)8;11-9(12)7-1-2-8-6(5-7)3-4-10-8;8-6(9)5-1-3-7-4-2-5/h1-6,12-13H;1-5,10-12H;1-4,8-9H. The van der Waals surface area contributed by atoms with Crippen molar-refractivity contribution >= 4 is 59.5 Å². The number of aromatic nitrogens is 3. The minimum absolute atomic E-state index is 0.443. The molecule has 0 unspecified atom stereocenters. The fourth-order valence-corrected chi connectivity index (χ4v) is 3.10. The van der Waals surface area contributed by atoms with Crippen LogP contribution in [0, 0.1) is 0 Å². The van der Waals surface area contributed by atoms with Crippen LogP contribution in [0.3, 0.4) is 0 Å². The Labute approximate surface area is 196 Å². The van der Waals surface area contributed by atoms with Gasteiger partial charge in [0.25, 0.3) is 0 Å². The van der Waals surface area contributed by atoms with Gasteiger partial charge in [0.05, 0.1) is 5.52 Å². The summed E-state index contributed by atoms with van der Waals surface area (Å²) in [5.41, 5.74) is 3.06. The van der Waals surface area contributed by atoms with E-state index in [0.717, 1.165) is 16.3 Å². The highest BCUT2D eigenvalue weighted by Gasteiger charge is 2.14. The summed E-state index contributed by atoms with van der Waals surface area (Å²) in [5, 5.41) is 54.8. The number of nitrogens with one attached hydrogen (secondary N) is 1. The van der Waals surface area contributed by atoms with Crippen molar-refractivity contribution in [2.24, 2.45) is 0 Å². The third-order valence-corrected chi connectivity index (χ3v) is 4.82. The number of nitrogens with zero attached hydrogens (tertiary/aromatic N) is 2. The van der Waals surface area contributed by atoms with Gasteiger partial charge in [-0.05, 0) is 52.0 Å². The predicted molar refractivity (Wildman–Crippen MR) is 134 cm³/mol. The predicted octanol–water partition coefficient (Wildman–Crippen LogP) is -1.48. The van der Waals surface area contributed by atoms with Crippen LogP contribution in [0.4, 0.5) is 0 Å². The van der Waals surface area contributed by atoms with Crippen molar-refractivity contribution in [1.82, 2.24) is 15.0 Å². The van der Waals surface area contributed by atoms with E-state index in [1.807, 2.05) is 36.5 Å². The van der Waals surface area contributed by atoms with Crippen LogP contribution in [-0.4, -0.2) is 66.5 Å². The maximum Gasteiger partial charge on any atom is 0.490 e. The molecule has 0 aliphatic carbocycles. The quantitative estimate of drug-likeness (QED) is 0.162. The molecule has 3 aromatic heterocycles. The van der Waals surface area contributed by atoms with E-state index in [1.54, 1.807) is 42.6 Å². The number of hydrogen-bond acceptors (Lipinski definition) is 8. The zero-order valence-corrected chi connectivity index (χ0v) is 18.0. The molecular formula is C22H22B3N3O6. The van der Waals surface area contributed by atoms with Gasteiger partial charge in [0.1, 0.15) is 0 Å². The van der Waals surface area contributed by atoms with Crippen molar-refractivity contribution in [2.45, 2.75) is 0 Å². The zero-order valence-electron chi connectivity index (χ0n) is 18.0. The molecule has 0 saturated heterocycles. The summed E-state index contributed by atoms with van der Waals surface area (Å²) in [5.74, 6) is 0. The van der Waals surface area contributed by atoms with Crippen LogP contribution in [0.25, 0.3) is 21.8 Å². The van der Waals surface area contributed by atoms with Crippen molar-refractivity contribution in [2.75, 3.05) is 0 Å². The summed E-state index contributed by atoms with van der Waals surface area (Å²) in [6.07, 6.45) is 6.47. The lowest BCUT2D eigenvalue weighted by atomic mass is 9.79. The molecule has 0 aliphatic heterocycles. The Morgan fingerprint density at radius 3 is 1.97 bits per heavy atom. The molecule has 5 aromatic rings. The van der Waals surface area contributed by atoms with Crippen molar-refractivity contribution in [3.63, 3.8) is 0 Å². The summed E-state index contributed by atoms with van der Waals surface area (Å²) in [7, 11) is -4.23. The first kappa shape index (κ1) is 25.1.